The molecule has 10 heteroatoms. The number of piperidine rings is 1. The highest BCUT2D eigenvalue weighted by Gasteiger charge is 2.43. The van der Waals surface area contributed by atoms with Crippen LogP contribution in [0.1, 0.15) is 30.2 Å². The third kappa shape index (κ3) is 5.35. The van der Waals surface area contributed by atoms with Gasteiger partial charge in [-0.2, -0.15) is 0 Å². The molecule has 2 heterocycles. The van der Waals surface area contributed by atoms with E-state index in [0.717, 1.165) is 18.4 Å². The minimum Gasteiger partial charge on any atom is -0.396 e. The van der Waals surface area contributed by atoms with Crippen molar-refractivity contribution in [3.8, 4) is 0 Å². The van der Waals surface area contributed by atoms with E-state index in [1.807, 2.05) is 25.9 Å². The lowest BCUT2D eigenvalue weighted by molar-refractivity contribution is -0.136. The molecular formula is C22H37FN6O2S. The van der Waals surface area contributed by atoms with E-state index in [1.165, 1.54) is 21.1 Å². The Morgan fingerprint density at radius 1 is 1.25 bits per heavy atom. The molecule has 1 fully saturated rings. The number of hydrogen-bond donors (Lipinski definition) is 3. The van der Waals surface area contributed by atoms with E-state index in [1.54, 1.807) is 0 Å². The number of nitrogens with one attached hydrogen (secondary N) is 1. The summed E-state index contributed by atoms with van der Waals surface area (Å²) in [6.07, 6.45) is 2.89. The van der Waals surface area contributed by atoms with E-state index in [4.69, 9.17) is 11.5 Å². The van der Waals surface area contributed by atoms with Crippen LogP contribution in [0.25, 0.3) is 0 Å². The second-order valence-corrected chi connectivity index (χ2v) is 10.3. The van der Waals surface area contributed by atoms with Crippen molar-refractivity contribution < 1.29 is 14.0 Å². The van der Waals surface area contributed by atoms with Gasteiger partial charge in [-0.05, 0) is 51.3 Å². The Hall–Kier alpha value is -1.91. The maximum atomic E-state index is 13.5. The fourth-order valence-corrected chi connectivity index (χ4v) is 6.07. The van der Waals surface area contributed by atoms with E-state index < -0.39 is 6.67 Å². The number of likely N-dealkylation sites (N-methyl/N-ethyl adjacent to an activating group) is 1. The standard InChI is InChI=1S/C22H37FN6O2S/c1-4-7-29(22(31)26-6-9-27(2)3)21(30)15-10-14-11-16-18(32-20(25)19(16)24)12-17(14)28(13-15)8-5-23/h14-15,17H,4-13,24-25H2,1-3H3,(H,26,31)/t14-,15-,17-/m1/s1. The molecule has 2 aliphatic rings. The third-order valence-corrected chi connectivity index (χ3v) is 7.69. The number of halogens is 1. The van der Waals surface area contributed by atoms with Crippen LogP contribution in [0.2, 0.25) is 0 Å². The van der Waals surface area contributed by atoms with E-state index in [-0.39, 0.29) is 29.8 Å². The van der Waals surface area contributed by atoms with Crippen molar-refractivity contribution in [2.75, 3.05) is 65.0 Å². The quantitative estimate of drug-likeness (QED) is 0.537. The zero-order chi connectivity index (χ0) is 23.4. The lowest BCUT2D eigenvalue weighted by Gasteiger charge is -2.47. The van der Waals surface area contributed by atoms with Crippen LogP contribution >= 0.6 is 11.3 Å². The monoisotopic (exact) mass is 468 g/mol. The summed E-state index contributed by atoms with van der Waals surface area (Å²) in [7, 11) is 3.87. The number of anilines is 2. The number of alkyl halides is 1. The van der Waals surface area contributed by atoms with Crippen LogP contribution in [0.4, 0.5) is 19.9 Å². The minimum absolute atomic E-state index is 0.167. The molecule has 0 bridgehead atoms. The second kappa shape index (κ2) is 10.8. The first-order chi connectivity index (χ1) is 15.3. The predicted octanol–water partition coefficient (Wildman–Crippen LogP) is 1.80. The van der Waals surface area contributed by atoms with Gasteiger partial charge in [-0.3, -0.25) is 14.6 Å². The molecular weight excluding hydrogens is 431 g/mol. The Morgan fingerprint density at radius 3 is 2.66 bits per heavy atom. The number of urea groups is 1. The maximum Gasteiger partial charge on any atom is 0.324 e. The number of likely N-dealkylation sites (tertiary alicyclic amines) is 1. The van der Waals surface area contributed by atoms with Gasteiger partial charge in [0.05, 0.1) is 11.6 Å². The molecule has 1 aromatic heterocycles. The molecule has 1 aliphatic heterocycles. The van der Waals surface area contributed by atoms with Gasteiger partial charge in [0.15, 0.2) is 0 Å². The van der Waals surface area contributed by atoms with Gasteiger partial charge in [-0.15, -0.1) is 11.3 Å². The molecule has 1 aromatic rings. The molecule has 180 valence electrons. The zero-order valence-electron chi connectivity index (χ0n) is 19.4. The highest BCUT2D eigenvalue weighted by atomic mass is 32.1. The zero-order valence-corrected chi connectivity index (χ0v) is 20.2. The summed E-state index contributed by atoms with van der Waals surface area (Å²) in [5.41, 5.74) is 14.0. The second-order valence-electron chi connectivity index (χ2n) is 9.16. The summed E-state index contributed by atoms with van der Waals surface area (Å²) in [6, 6.07) is -0.174. The smallest absolute Gasteiger partial charge is 0.324 e. The summed E-state index contributed by atoms with van der Waals surface area (Å²) in [6.45, 7) is 3.80. The summed E-state index contributed by atoms with van der Waals surface area (Å²) < 4.78 is 13.4. The van der Waals surface area contributed by atoms with Crippen LogP contribution in [-0.4, -0.2) is 86.2 Å². The van der Waals surface area contributed by atoms with Gasteiger partial charge in [0.2, 0.25) is 5.91 Å². The molecule has 32 heavy (non-hydrogen) atoms. The van der Waals surface area contributed by atoms with Crippen molar-refractivity contribution >= 4 is 34.0 Å². The van der Waals surface area contributed by atoms with Gasteiger partial charge >= 0.3 is 6.03 Å². The Bertz CT molecular complexity index is 817. The lowest BCUT2D eigenvalue weighted by Crippen LogP contribution is -2.57. The van der Waals surface area contributed by atoms with Gasteiger partial charge in [0.1, 0.15) is 11.7 Å². The number of nitrogens with two attached hydrogens (primary N) is 2. The molecule has 1 saturated heterocycles. The summed E-state index contributed by atoms with van der Waals surface area (Å²) in [5, 5.41) is 3.50. The molecule has 0 unspecified atom stereocenters. The van der Waals surface area contributed by atoms with Crippen molar-refractivity contribution in [1.29, 1.82) is 0 Å². The number of imide groups is 1. The predicted molar refractivity (Wildman–Crippen MR) is 127 cm³/mol. The highest BCUT2D eigenvalue weighted by Crippen LogP contribution is 2.44. The molecule has 3 amide bonds. The normalized spacial score (nSPS) is 23.0. The van der Waals surface area contributed by atoms with Gasteiger partial charge in [0.25, 0.3) is 0 Å². The molecule has 0 aromatic carbocycles. The number of fused-ring (bicyclic) bond motifs is 2. The van der Waals surface area contributed by atoms with Crippen molar-refractivity contribution in [3.63, 3.8) is 0 Å². The molecule has 0 saturated carbocycles. The third-order valence-electron chi connectivity index (χ3n) is 6.59. The lowest BCUT2D eigenvalue weighted by atomic mass is 9.74. The van der Waals surface area contributed by atoms with Gasteiger partial charge in [-0.1, -0.05) is 6.92 Å². The molecule has 0 radical (unpaired) electrons. The largest absolute Gasteiger partial charge is 0.396 e. The van der Waals surface area contributed by atoms with Crippen LogP contribution in [0.15, 0.2) is 0 Å². The SMILES string of the molecule is CCCN(C(=O)NCCN(C)C)C(=O)[C@@H]1C[C@@H]2Cc3c(sc(N)c3N)C[C@H]2N(CCF)C1. The number of amides is 3. The molecule has 3 atom stereocenters. The van der Waals surface area contributed by atoms with Gasteiger partial charge < -0.3 is 21.7 Å². The van der Waals surface area contributed by atoms with E-state index in [9.17, 15) is 14.0 Å². The molecule has 5 N–H and O–H groups in total. The number of rotatable bonds is 8. The molecule has 8 nitrogen and oxygen atoms in total. The number of hydrogen-bond acceptors (Lipinski definition) is 7. The number of nitrogen functional groups attached to an aromatic ring is 2. The minimum atomic E-state index is -0.463. The number of carbonyl (C=O) groups excluding carboxylic acids is 2. The van der Waals surface area contributed by atoms with Gasteiger partial charge in [0, 0.05) is 43.6 Å². The first-order valence-electron chi connectivity index (χ1n) is 11.5. The van der Waals surface area contributed by atoms with E-state index in [0.29, 0.717) is 56.3 Å². The van der Waals surface area contributed by atoms with Crippen LogP contribution < -0.4 is 16.8 Å². The average Bonchev–Trinajstić information content (AvgIpc) is 3.02. The Labute approximate surface area is 194 Å². The Balaban J connectivity index is 1.76. The molecule has 1 aliphatic carbocycles. The van der Waals surface area contributed by atoms with Crippen LogP contribution in [0.5, 0.6) is 0 Å². The highest BCUT2D eigenvalue weighted by molar-refractivity contribution is 7.16. The van der Waals surface area contributed by atoms with Crippen molar-refractivity contribution in [2.45, 2.75) is 38.6 Å². The fourth-order valence-electron chi connectivity index (χ4n) is 5.00. The Morgan fingerprint density at radius 2 is 2.00 bits per heavy atom. The first-order valence-corrected chi connectivity index (χ1v) is 12.3. The fraction of sp³-hybridized carbons (Fsp3) is 0.727. The van der Waals surface area contributed by atoms with Crippen molar-refractivity contribution in [1.82, 2.24) is 20.0 Å². The average molecular weight is 469 g/mol. The number of thiophene rings is 1. The van der Waals surface area contributed by atoms with Crippen molar-refractivity contribution in [3.05, 3.63) is 10.4 Å². The first kappa shape index (κ1) is 24.7. The van der Waals surface area contributed by atoms with Crippen molar-refractivity contribution in [2.24, 2.45) is 11.8 Å². The molecule has 0 spiro atoms. The summed E-state index contributed by atoms with van der Waals surface area (Å²) in [5.74, 6) is -0.318. The van der Waals surface area contributed by atoms with Crippen LogP contribution in [0.3, 0.4) is 0 Å². The van der Waals surface area contributed by atoms with E-state index >= 15 is 0 Å². The maximum absolute atomic E-state index is 13.5. The summed E-state index contributed by atoms with van der Waals surface area (Å²) >= 11 is 1.53. The molecule has 3 rings (SSSR count). The van der Waals surface area contributed by atoms with Crippen LogP contribution in [-0.2, 0) is 17.6 Å². The number of nitrogens with zero attached hydrogens (tertiary/aromatic N) is 3. The van der Waals surface area contributed by atoms with E-state index in [2.05, 4.69) is 10.2 Å². The van der Waals surface area contributed by atoms with Gasteiger partial charge in [-0.25, -0.2) is 9.18 Å². The summed E-state index contributed by atoms with van der Waals surface area (Å²) in [4.78, 5) is 32.8. The topological polar surface area (TPSA) is 108 Å². The number of carbonyl (C=O) groups is 2. The van der Waals surface area contributed by atoms with Crippen LogP contribution in [0, 0.1) is 11.8 Å². The Kier molecular flexibility index (Phi) is 8.35.